The number of hydrogen-bond donors (Lipinski definition) is 1. The van der Waals surface area contributed by atoms with Gasteiger partial charge in [0.1, 0.15) is 0 Å². The van der Waals surface area contributed by atoms with Gasteiger partial charge < -0.3 is 10.3 Å². The van der Waals surface area contributed by atoms with Gasteiger partial charge >= 0.3 is 0 Å². The van der Waals surface area contributed by atoms with Crippen LogP contribution in [-0.4, -0.2) is 9.55 Å². The molecule has 0 bridgehead atoms. The smallest absolute Gasteiger partial charge is 0.201 e. The summed E-state index contributed by atoms with van der Waals surface area (Å²) in [6.07, 6.45) is 2.31. The van der Waals surface area contributed by atoms with E-state index in [9.17, 15) is 0 Å². The number of rotatable bonds is 3. The van der Waals surface area contributed by atoms with E-state index < -0.39 is 0 Å². The van der Waals surface area contributed by atoms with Gasteiger partial charge in [0.25, 0.3) is 0 Å². The van der Waals surface area contributed by atoms with Crippen LogP contribution in [0.3, 0.4) is 0 Å². The van der Waals surface area contributed by atoms with E-state index in [0.717, 1.165) is 18.5 Å². The average molecular weight is 203 g/mol. The van der Waals surface area contributed by atoms with Gasteiger partial charge in [-0.05, 0) is 25.0 Å². The topological polar surface area (TPSA) is 43.8 Å². The zero-order valence-electron chi connectivity index (χ0n) is 9.33. The van der Waals surface area contributed by atoms with Crippen LogP contribution in [0.25, 0.3) is 11.0 Å². The maximum atomic E-state index is 5.91. The van der Waals surface area contributed by atoms with Crippen molar-refractivity contribution >= 4 is 17.0 Å². The molecule has 2 aromatic rings. The molecule has 0 atom stereocenters. The number of imidazole rings is 1. The summed E-state index contributed by atoms with van der Waals surface area (Å²) >= 11 is 0. The van der Waals surface area contributed by atoms with Crippen molar-refractivity contribution in [3.05, 3.63) is 23.8 Å². The number of hydrogen-bond acceptors (Lipinski definition) is 2. The SMILES string of the molecule is CCCCn1c(N)nc2cccc(C)c21. The van der Waals surface area contributed by atoms with Crippen molar-refractivity contribution in [1.82, 2.24) is 9.55 Å². The number of anilines is 1. The molecule has 0 aliphatic heterocycles. The lowest BCUT2D eigenvalue weighted by Crippen LogP contribution is -2.03. The van der Waals surface area contributed by atoms with E-state index in [1.165, 1.54) is 17.5 Å². The molecule has 0 spiro atoms. The first-order valence-electron chi connectivity index (χ1n) is 5.45. The van der Waals surface area contributed by atoms with E-state index in [-0.39, 0.29) is 0 Å². The lowest BCUT2D eigenvalue weighted by atomic mass is 10.2. The lowest BCUT2D eigenvalue weighted by Gasteiger charge is -2.06. The average Bonchev–Trinajstić information content (AvgIpc) is 2.53. The van der Waals surface area contributed by atoms with Gasteiger partial charge in [0.15, 0.2) is 0 Å². The summed E-state index contributed by atoms with van der Waals surface area (Å²) < 4.78 is 2.12. The normalized spacial score (nSPS) is 11.1. The molecule has 0 fully saturated rings. The van der Waals surface area contributed by atoms with E-state index in [1.54, 1.807) is 0 Å². The molecule has 0 saturated carbocycles. The summed E-state index contributed by atoms with van der Waals surface area (Å²) in [5.74, 6) is 0.632. The third-order valence-electron chi connectivity index (χ3n) is 2.73. The molecular formula is C12H17N3. The lowest BCUT2D eigenvalue weighted by molar-refractivity contribution is 0.652. The van der Waals surface area contributed by atoms with Gasteiger partial charge in [-0.2, -0.15) is 0 Å². The van der Waals surface area contributed by atoms with E-state index >= 15 is 0 Å². The summed E-state index contributed by atoms with van der Waals surface area (Å²) in [5.41, 5.74) is 9.35. The van der Waals surface area contributed by atoms with Crippen molar-refractivity contribution in [2.24, 2.45) is 0 Å². The monoisotopic (exact) mass is 203 g/mol. The fraction of sp³-hybridized carbons (Fsp3) is 0.417. The summed E-state index contributed by atoms with van der Waals surface area (Å²) in [7, 11) is 0. The van der Waals surface area contributed by atoms with Gasteiger partial charge in [0.05, 0.1) is 11.0 Å². The van der Waals surface area contributed by atoms with Gasteiger partial charge in [-0.3, -0.25) is 0 Å². The largest absolute Gasteiger partial charge is 0.369 e. The standard InChI is InChI=1S/C12H17N3/c1-3-4-8-15-11-9(2)6-5-7-10(11)14-12(15)13/h5-7H,3-4,8H2,1-2H3,(H2,13,14). The quantitative estimate of drug-likeness (QED) is 0.833. The second-order valence-corrected chi connectivity index (χ2v) is 3.92. The predicted octanol–water partition coefficient (Wildman–Crippen LogP) is 2.73. The zero-order valence-corrected chi connectivity index (χ0v) is 9.33. The third kappa shape index (κ3) is 1.69. The van der Waals surface area contributed by atoms with Crippen LogP contribution in [-0.2, 0) is 6.54 Å². The van der Waals surface area contributed by atoms with Crippen LogP contribution in [0.15, 0.2) is 18.2 Å². The Labute approximate surface area is 89.9 Å². The fourth-order valence-corrected chi connectivity index (χ4v) is 1.93. The Bertz CT molecular complexity index is 471. The number of nitrogens with zero attached hydrogens (tertiary/aromatic N) is 2. The van der Waals surface area contributed by atoms with Gasteiger partial charge in [0.2, 0.25) is 5.95 Å². The van der Waals surface area contributed by atoms with Crippen molar-refractivity contribution < 1.29 is 0 Å². The van der Waals surface area contributed by atoms with E-state index in [2.05, 4.69) is 29.5 Å². The van der Waals surface area contributed by atoms with Gasteiger partial charge in [-0.15, -0.1) is 0 Å². The summed E-state index contributed by atoms with van der Waals surface area (Å²) in [4.78, 5) is 4.37. The Hall–Kier alpha value is -1.51. The Morgan fingerprint density at radius 1 is 1.40 bits per heavy atom. The van der Waals surface area contributed by atoms with E-state index in [1.807, 2.05) is 12.1 Å². The molecular weight excluding hydrogens is 186 g/mol. The third-order valence-corrected chi connectivity index (χ3v) is 2.73. The Morgan fingerprint density at radius 3 is 2.93 bits per heavy atom. The van der Waals surface area contributed by atoms with Crippen molar-refractivity contribution in [3.63, 3.8) is 0 Å². The van der Waals surface area contributed by atoms with Crippen LogP contribution in [0, 0.1) is 6.92 Å². The molecule has 1 aromatic carbocycles. The maximum absolute atomic E-state index is 5.91. The summed E-state index contributed by atoms with van der Waals surface area (Å²) in [6, 6.07) is 6.14. The number of nitrogen functional groups attached to an aromatic ring is 1. The predicted molar refractivity (Wildman–Crippen MR) is 63.8 cm³/mol. The van der Waals surface area contributed by atoms with E-state index in [4.69, 9.17) is 5.73 Å². The van der Waals surface area contributed by atoms with Crippen LogP contribution in [0.4, 0.5) is 5.95 Å². The zero-order chi connectivity index (χ0) is 10.8. The molecule has 80 valence electrons. The Balaban J connectivity index is 2.55. The molecule has 0 aliphatic carbocycles. The molecule has 0 radical (unpaired) electrons. The highest BCUT2D eigenvalue weighted by molar-refractivity contribution is 5.81. The highest BCUT2D eigenvalue weighted by Gasteiger charge is 2.08. The number of aryl methyl sites for hydroxylation is 2. The van der Waals surface area contributed by atoms with Crippen molar-refractivity contribution in [2.45, 2.75) is 33.2 Å². The molecule has 2 N–H and O–H groups in total. The van der Waals surface area contributed by atoms with Crippen LogP contribution < -0.4 is 5.73 Å². The second-order valence-electron chi connectivity index (χ2n) is 3.92. The first-order valence-corrected chi connectivity index (χ1v) is 5.45. The summed E-state index contributed by atoms with van der Waals surface area (Å²) in [6.45, 7) is 5.25. The molecule has 2 rings (SSSR count). The molecule has 1 heterocycles. The molecule has 3 nitrogen and oxygen atoms in total. The van der Waals surface area contributed by atoms with Gasteiger partial charge in [-0.25, -0.2) is 4.98 Å². The molecule has 0 unspecified atom stereocenters. The minimum absolute atomic E-state index is 0.632. The van der Waals surface area contributed by atoms with Crippen LogP contribution in [0.1, 0.15) is 25.3 Å². The second kappa shape index (κ2) is 3.93. The Kier molecular flexibility index (Phi) is 2.62. The molecule has 1 aromatic heterocycles. The number of benzene rings is 1. The minimum Gasteiger partial charge on any atom is -0.369 e. The van der Waals surface area contributed by atoms with Crippen LogP contribution in [0.5, 0.6) is 0 Å². The molecule has 15 heavy (non-hydrogen) atoms. The Morgan fingerprint density at radius 2 is 2.20 bits per heavy atom. The molecule has 0 amide bonds. The number of aromatic nitrogens is 2. The molecule has 0 aliphatic rings. The van der Waals surface area contributed by atoms with Crippen LogP contribution in [0.2, 0.25) is 0 Å². The van der Waals surface area contributed by atoms with Gasteiger partial charge in [-0.1, -0.05) is 25.5 Å². The van der Waals surface area contributed by atoms with Crippen molar-refractivity contribution in [1.29, 1.82) is 0 Å². The number of fused-ring (bicyclic) bond motifs is 1. The van der Waals surface area contributed by atoms with Crippen molar-refractivity contribution in [2.75, 3.05) is 5.73 Å². The maximum Gasteiger partial charge on any atom is 0.201 e. The number of unbranched alkanes of at least 4 members (excludes halogenated alkanes) is 1. The van der Waals surface area contributed by atoms with Gasteiger partial charge in [0, 0.05) is 6.54 Å². The fourth-order valence-electron chi connectivity index (χ4n) is 1.93. The minimum atomic E-state index is 0.632. The first-order chi connectivity index (χ1) is 7.24. The highest BCUT2D eigenvalue weighted by atomic mass is 15.1. The van der Waals surface area contributed by atoms with E-state index in [0.29, 0.717) is 5.95 Å². The number of nitrogens with two attached hydrogens (primary N) is 1. The molecule has 3 heteroatoms. The number of para-hydroxylation sites is 1. The highest BCUT2D eigenvalue weighted by Crippen LogP contribution is 2.21. The van der Waals surface area contributed by atoms with Crippen LogP contribution >= 0.6 is 0 Å². The molecule has 0 saturated heterocycles. The summed E-state index contributed by atoms with van der Waals surface area (Å²) in [5, 5.41) is 0. The first kappa shape index (κ1) is 10.0. The van der Waals surface area contributed by atoms with Crippen molar-refractivity contribution in [3.8, 4) is 0 Å².